The van der Waals surface area contributed by atoms with Crippen molar-refractivity contribution in [2.45, 2.75) is 25.2 Å². The van der Waals surface area contributed by atoms with E-state index in [-0.39, 0.29) is 18.2 Å². The van der Waals surface area contributed by atoms with E-state index in [9.17, 15) is 23.6 Å². The van der Waals surface area contributed by atoms with Crippen molar-refractivity contribution in [3.63, 3.8) is 0 Å². The summed E-state index contributed by atoms with van der Waals surface area (Å²) in [7, 11) is 0. The van der Waals surface area contributed by atoms with E-state index >= 15 is 0 Å². The zero-order valence-electron chi connectivity index (χ0n) is 14.9. The highest BCUT2D eigenvalue weighted by molar-refractivity contribution is 8.01. The van der Waals surface area contributed by atoms with Crippen molar-refractivity contribution < 1.29 is 28.3 Å². The fourth-order valence-electron chi connectivity index (χ4n) is 2.22. The van der Waals surface area contributed by atoms with E-state index in [2.05, 4.69) is 10.6 Å². The Morgan fingerprint density at radius 1 is 1.30 bits per heavy atom. The van der Waals surface area contributed by atoms with E-state index in [4.69, 9.17) is 4.74 Å². The maximum absolute atomic E-state index is 12.8. The van der Waals surface area contributed by atoms with Crippen LogP contribution in [-0.4, -0.2) is 58.9 Å². The molecule has 1 aromatic carbocycles. The lowest BCUT2D eigenvalue weighted by Gasteiger charge is -2.19. The first-order valence-electron chi connectivity index (χ1n) is 8.24. The number of thioether (sulfide) groups is 1. The first kappa shape index (κ1) is 20.7. The number of nitrogens with one attached hydrogen (secondary N) is 2. The van der Waals surface area contributed by atoms with Crippen LogP contribution in [0.2, 0.25) is 0 Å². The highest BCUT2D eigenvalue weighted by atomic mass is 32.2. The summed E-state index contributed by atoms with van der Waals surface area (Å²) >= 11 is 1.04. The van der Waals surface area contributed by atoms with Crippen molar-refractivity contribution in [2.75, 3.05) is 24.2 Å². The van der Waals surface area contributed by atoms with Gasteiger partial charge in [0, 0.05) is 18.8 Å². The molecule has 0 aliphatic carbocycles. The molecule has 1 aliphatic rings. The summed E-state index contributed by atoms with van der Waals surface area (Å²) in [6, 6.07) is 4.79. The van der Waals surface area contributed by atoms with Crippen molar-refractivity contribution >= 4 is 41.3 Å². The predicted octanol–water partition coefficient (Wildman–Crippen LogP) is 1.37. The Hall–Kier alpha value is -2.62. The van der Waals surface area contributed by atoms with Gasteiger partial charge < -0.3 is 15.4 Å². The summed E-state index contributed by atoms with van der Waals surface area (Å²) in [4.78, 5) is 48.5. The molecule has 27 heavy (non-hydrogen) atoms. The van der Waals surface area contributed by atoms with Gasteiger partial charge in [-0.1, -0.05) is 0 Å². The summed E-state index contributed by atoms with van der Waals surface area (Å²) in [5.41, 5.74) is 0.445. The molecule has 1 aliphatic heterocycles. The number of esters is 1. The fourth-order valence-corrected chi connectivity index (χ4v) is 2.89. The summed E-state index contributed by atoms with van der Waals surface area (Å²) in [6.07, 6.45) is -1.10. The minimum Gasteiger partial charge on any atom is -0.452 e. The third kappa shape index (κ3) is 5.95. The summed E-state index contributed by atoms with van der Waals surface area (Å²) in [6.45, 7) is 3.54. The Morgan fingerprint density at radius 3 is 2.56 bits per heavy atom. The van der Waals surface area contributed by atoms with Crippen LogP contribution >= 0.6 is 11.8 Å². The van der Waals surface area contributed by atoms with Crippen LogP contribution in [0.5, 0.6) is 0 Å². The van der Waals surface area contributed by atoms with Crippen molar-refractivity contribution in [1.82, 2.24) is 10.2 Å². The van der Waals surface area contributed by atoms with Gasteiger partial charge in [0.25, 0.3) is 5.91 Å². The molecular formula is C17H20FN3O5S. The smallest absolute Gasteiger partial charge is 0.324 e. The third-order valence-corrected chi connectivity index (χ3v) is 4.81. The summed E-state index contributed by atoms with van der Waals surface area (Å²) in [5.74, 6) is -2.04. The first-order chi connectivity index (χ1) is 12.8. The number of rotatable bonds is 7. The molecule has 2 rings (SSSR count). The topological polar surface area (TPSA) is 105 Å². The Balaban J connectivity index is 1.75. The molecule has 1 fully saturated rings. The molecule has 8 nitrogen and oxygen atoms in total. The number of imide groups is 1. The van der Waals surface area contributed by atoms with Gasteiger partial charge in [0.05, 0.1) is 5.75 Å². The van der Waals surface area contributed by atoms with Crippen LogP contribution in [0.4, 0.5) is 14.9 Å². The number of hydrogen-bond donors (Lipinski definition) is 2. The molecule has 10 heteroatoms. The molecule has 1 saturated heterocycles. The number of ether oxygens (including phenoxy) is 1. The Bertz CT molecular complexity index is 728. The number of benzene rings is 1. The second-order valence-electron chi connectivity index (χ2n) is 5.81. The maximum atomic E-state index is 12.8. The lowest BCUT2D eigenvalue weighted by Crippen LogP contribution is -2.42. The minimum absolute atomic E-state index is 0.0233. The normalized spacial score (nSPS) is 15.7. The van der Waals surface area contributed by atoms with Crippen molar-refractivity contribution in [2.24, 2.45) is 0 Å². The van der Waals surface area contributed by atoms with E-state index in [0.29, 0.717) is 12.2 Å². The molecule has 1 heterocycles. The van der Waals surface area contributed by atoms with E-state index in [0.717, 1.165) is 16.7 Å². The van der Waals surface area contributed by atoms with Crippen LogP contribution < -0.4 is 10.6 Å². The van der Waals surface area contributed by atoms with Gasteiger partial charge in [-0.3, -0.25) is 19.3 Å². The second kappa shape index (κ2) is 9.36. The molecule has 0 unspecified atom stereocenters. The predicted molar refractivity (Wildman–Crippen MR) is 97.6 cm³/mol. The molecular weight excluding hydrogens is 377 g/mol. The SMILES string of the molecule is C[C@@H](OC(=O)[C@@H](C)SCC(=O)Nc1ccc(F)cc1)C(=O)N1CCNC1=O. The van der Waals surface area contributed by atoms with Crippen molar-refractivity contribution in [3.8, 4) is 0 Å². The number of amides is 4. The van der Waals surface area contributed by atoms with Gasteiger partial charge in [0.15, 0.2) is 6.10 Å². The van der Waals surface area contributed by atoms with Gasteiger partial charge in [-0.05, 0) is 38.1 Å². The van der Waals surface area contributed by atoms with Crippen LogP contribution in [0, 0.1) is 5.82 Å². The van der Waals surface area contributed by atoms with E-state index in [1.807, 2.05) is 0 Å². The lowest BCUT2D eigenvalue weighted by atomic mass is 10.3. The van der Waals surface area contributed by atoms with Gasteiger partial charge in [0.2, 0.25) is 5.91 Å². The van der Waals surface area contributed by atoms with E-state index in [1.54, 1.807) is 6.92 Å². The molecule has 4 amide bonds. The number of hydrogen-bond acceptors (Lipinski definition) is 6. The molecule has 2 N–H and O–H groups in total. The molecule has 0 spiro atoms. The number of carbonyl (C=O) groups is 4. The number of anilines is 1. The van der Waals surface area contributed by atoms with Crippen LogP contribution in [0.3, 0.4) is 0 Å². The fraction of sp³-hybridized carbons (Fsp3) is 0.412. The van der Waals surface area contributed by atoms with E-state index in [1.165, 1.54) is 31.2 Å². The molecule has 0 aromatic heterocycles. The Kier molecular flexibility index (Phi) is 7.17. The average Bonchev–Trinajstić information content (AvgIpc) is 3.06. The largest absolute Gasteiger partial charge is 0.452 e. The van der Waals surface area contributed by atoms with Gasteiger partial charge >= 0.3 is 12.0 Å². The van der Waals surface area contributed by atoms with Crippen LogP contribution in [0.1, 0.15) is 13.8 Å². The standard InChI is InChI=1S/C17H20FN3O5S/c1-10(15(23)21-8-7-19-17(21)25)26-16(24)11(2)27-9-14(22)20-13-5-3-12(18)4-6-13/h3-6,10-11H,7-9H2,1-2H3,(H,19,25)(H,20,22)/t10-,11-/m1/s1. The molecule has 0 saturated carbocycles. The molecule has 146 valence electrons. The maximum Gasteiger partial charge on any atom is 0.324 e. The number of nitrogens with zero attached hydrogens (tertiary/aromatic N) is 1. The monoisotopic (exact) mass is 397 g/mol. The van der Waals surface area contributed by atoms with Gasteiger partial charge in [-0.15, -0.1) is 11.8 Å². The number of halogens is 1. The number of urea groups is 1. The zero-order valence-corrected chi connectivity index (χ0v) is 15.7. The average molecular weight is 397 g/mol. The van der Waals surface area contributed by atoms with Crippen LogP contribution in [-0.2, 0) is 19.1 Å². The van der Waals surface area contributed by atoms with Gasteiger partial charge in [-0.2, -0.15) is 0 Å². The highest BCUT2D eigenvalue weighted by Crippen LogP contribution is 2.15. The Labute approximate surface area is 159 Å². The first-order valence-corrected chi connectivity index (χ1v) is 9.29. The van der Waals surface area contributed by atoms with Crippen LogP contribution in [0.15, 0.2) is 24.3 Å². The second-order valence-corrected chi connectivity index (χ2v) is 7.14. The summed E-state index contributed by atoms with van der Waals surface area (Å²) < 4.78 is 17.9. The summed E-state index contributed by atoms with van der Waals surface area (Å²) in [5, 5.41) is 4.39. The molecule has 2 atom stereocenters. The van der Waals surface area contributed by atoms with Gasteiger partial charge in [0.1, 0.15) is 11.1 Å². The zero-order chi connectivity index (χ0) is 20.0. The lowest BCUT2D eigenvalue weighted by molar-refractivity contribution is -0.156. The highest BCUT2D eigenvalue weighted by Gasteiger charge is 2.32. The number of carbonyl (C=O) groups excluding carboxylic acids is 4. The molecule has 0 radical (unpaired) electrons. The van der Waals surface area contributed by atoms with E-state index < -0.39 is 35.1 Å². The van der Waals surface area contributed by atoms with Crippen LogP contribution in [0.25, 0.3) is 0 Å². The molecule has 1 aromatic rings. The Morgan fingerprint density at radius 2 is 1.96 bits per heavy atom. The molecule has 0 bridgehead atoms. The third-order valence-electron chi connectivity index (χ3n) is 3.69. The minimum atomic E-state index is -1.10. The van der Waals surface area contributed by atoms with Crippen molar-refractivity contribution in [1.29, 1.82) is 0 Å². The van der Waals surface area contributed by atoms with Gasteiger partial charge in [-0.25, -0.2) is 9.18 Å². The van der Waals surface area contributed by atoms with Crippen molar-refractivity contribution in [3.05, 3.63) is 30.1 Å². The quantitative estimate of drug-likeness (QED) is 0.674.